The third kappa shape index (κ3) is 5.41. The summed E-state index contributed by atoms with van der Waals surface area (Å²) in [6.07, 6.45) is -0.167. The van der Waals surface area contributed by atoms with E-state index >= 15 is 0 Å². The van der Waals surface area contributed by atoms with Gasteiger partial charge in [-0.25, -0.2) is 9.18 Å². The van der Waals surface area contributed by atoms with Crippen molar-refractivity contribution in [1.82, 2.24) is 5.32 Å². The number of halogens is 1. The van der Waals surface area contributed by atoms with E-state index in [1.807, 2.05) is 20.8 Å². The molecule has 1 unspecified atom stereocenters. The van der Waals surface area contributed by atoms with Crippen LogP contribution >= 0.6 is 0 Å². The number of rotatable bonds is 4. The second-order valence-corrected chi connectivity index (χ2v) is 6.08. The Morgan fingerprint density at radius 3 is 2.43 bits per heavy atom. The average molecular weight is 296 g/mol. The van der Waals surface area contributed by atoms with Gasteiger partial charge in [0.05, 0.1) is 6.42 Å². The van der Waals surface area contributed by atoms with Gasteiger partial charge in [-0.1, -0.05) is 20.8 Å². The smallest absolute Gasteiger partial charge is 0.319 e. The highest BCUT2D eigenvalue weighted by atomic mass is 19.1. The molecule has 0 aliphatic rings. The molecule has 1 aromatic carbocycles. The standard InChI is InChI=1S/C15H21FN2O3/c1-9-7-10(5-6-11(9)16)17-14(21)18-12(8-13(19)20)15(2,3)4/h5-7,12H,8H2,1-4H3,(H,19,20)(H2,17,18,21). The van der Waals surface area contributed by atoms with Gasteiger partial charge >= 0.3 is 12.0 Å². The number of anilines is 1. The zero-order valence-electron chi connectivity index (χ0n) is 12.7. The first-order chi connectivity index (χ1) is 9.59. The van der Waals surface area contributed by atoms with Crippen molar-refractivity contribution >= 4 is 17.7 Å². The van der Waals surface area contributed by atoms with E-state index in [0.717, 1.165) is 0 Å². The van der Waals surface area contributed by atoms with Crippen LogP contribution in [-0.2, 0) is 4.79 Å². The Kier molecular flexibility index (Phi) is 5.29. The van der Waals surface area contributed by atoms with Crippen LogP contribution in [-0.4, -0.2) is 23.1 Å². The molecule has 0 spiro atoms. The van der Waals surface area contributed by atoms with Gasteiger partial charge in [0.15, 0.2) is 0 Å². The first kappa shape index (κ1) is 16.9. The van der Waals surface area contributed by atoms with E-state index in [1.54, 1.807) is 6.92 Å². The van der Waals surface area contributed by atoms with Gasteiger partial charge in [0.25, 0.3) is 0 Å². The van der Waals surface area contributed by atoms with Crippen molar-refractivity contribution in [2.75, 3.05) is 5.32 Å². The van der Waals surface area contributed by atoms with Gasteiger partial charge in [-0.05, 0) is 36.1 Å². The molecule has 0 radical (unpaired) electrons. The number of nitrogens with one attached hydrogen (secondary N) is 2. The molecule has 0 aromatic heterocycles. The average Bonchev–Trinajstić information content (AvgIpc) is 2.31. The fraction of sp³-hybridized carbons (Fsp3) is 0.467. The van der Waals surface area contributed by atoms with Gasteiger partial charge in [-0.2, -0.15) is 0 Å². The molecule has 0 heterocycles. The topological polar surface area (TPSA) is 78.4 Å². The van der Waals surface area contributed by atoms with Crippen LogP contribution in [0.1, 0.15) is 32.8 Å². The Hall–Kier alpha value is -2.11. The highest BCUT2D eigenvalue weighted by Gasteiger charge is 2.28. The molecular formula is C15H21FN2O3. The molecule has 0 fully saturated rings. The number of aliphatic carboxylic acids is 1. The van der Waals surface area contributed by atoms with Crippen LogP contribution in [0, 0.1) is 18.2 Å². The Morgan fingerprint density at radius 2 is 1.95 bits per heavy atom. The molecular weight excluding hydrogens is 275 g/mol. The number of carbonyl (C=O) groups is 2. The van der Waals surface area contributed by atoms with E-state index in [9.17, 15) is 14.0 Å². The van der Waals surface area contributed by atoms with E-state index in [4.69, 9.17) is 5.11 Å². The molecule has 0 saturated heterocycles. The lowest BCUT2D eigenvalue weighted by Crippen LogP contribution is -2.46. The normalized spacial score (nSPS) is 12.6. The molecule has 6 heteroatoms. The van der Waals surface area contributed by atoms with Gasteiger partial charge in [0, 0.05) is 11.7 Å². The second-order valence-electron chi connectivity index (χ2n) is 6.08. The van der Waals surface area contributed by atoms with Crippen molar-refractivity contribution in [3.63, 3.8) is 0 Å². The molecule has 0 aliphatic carbocycles. The predicted octanol–water partition coefficient (Wildman–Crippen LogP) is 3.15. The van der Waals surface area contributed by atoms with Crippen LogP contribution < -0.4 is 10.6 Å². The van der Waals surface area contributed by atoms with Gasteiger partial charge in [0.1, 0.15) is 5.82 Å². The molecule has 1 aromatic rings. The molecule has 1 rings (SSSR count). The number of aryl methyl sites for hydroxylation is 1. The second kappa shape index (κ2) is 6.56. The van der Waals surface area contributed by atoms with Gasteiger partial charge in [0.2, 0.25) is 0 Å². The van der Waals surface area contributed by atoms with Crippen molar-refractivity contribution < 1.29 is 19.1 Å². The Balaban J connectivity index is 2.73. The van der Waals surface area contributed by atoms with Crippen molar-refractivity contribution in [2.45, 2.75) is 40.2 Å². The zero-order chi connectivity index (χ0) is 16.2. The molecule has 5 nitrogen and oxygen atoms in total. The van der Waals surface area contributed by atoms with Gasteiger partial charge in [-0.3, -0.25) is 4.79 Å². The largest absolute Gasteiger partial charge is 0.481 e. The molecule has 0 aliphatic heterocycles. The molecule has 1 atom stereocenters. The number of carboxylic acids is 1. The molecule has 21 heavy (non-hydrogen) atoms. The van der Waals surface area contributed by atoms with E-state index in [1.165, 1.54) is 18.2 Å². The number of carboxylic acid groups (broad SMARTS) is 1. The molecule has 0 saturated carbocycles. The van der Waals surface area contributed by atoms with Crippen LogP contribution in [0.15, 0.2) is 18.2 Å². The van der Waals surface area contributed by atoms with Crippen molar-refractivity contribution in [3.05, 3.63) is 29.6 Å². The minimum Gasteiger partial charge on any atom is -0.481 e. The van der Waals surface area contributed by atoms with E-state index < -0.39 is 23.5 Å². The summed E-state index contributed by atoms with van der Waals surface area (Å²) in [5.41, 5.74) is 0.481. The number of benzene rings is 1. The minimum absolute atomic E-state index is 0.167. The molecule has 0 bridgehead atoms. The summed E-state index contributed by atoms with van der Waals surface area (Å²) >= 11 is 0. The van der Waals surface area contributed by atoms with Crippen LogP contribution in [0.3, 0.4) is 0 Å². The van der Waals surface area contributed by atoms with Crippen LogP contribution in [0.4, 0.5) is 14.9 Å². The SMILES string of the molecule is Cc1cc(NC(=O)NC(CC(=O)O)C(C)(C)C)ccc1F. The lowest BCUT2D eigenvalue weighted by atomic mass is 9.85. The van der Waals surface area contributed by atoms with E-state index in [0.29, 0.717) is 11.3 Å². The predicted molar refractivity (Wildman–Crippen MR) is 78.8 cm³/mol. The molecule has 116 valence electrons. The highest BCUT2D eigenvalue weighted by Crippen LogP contribution is 2.22. The number of hydrogen-bond donors (Lipinski definition) is 3. The van der Waals surface area contributed by atoms with Crippen LogP contribution in [0.25, 0.3) is 0 Å². The summed E-state index contributed by atoms with van der Waals surface area (Å²) in [6.45, 7) is 7.15. The van der Waals surface area contributed by atoms with E-state index in [2.05, 4.69) is 10.6 Å². The van der Waals surface area contributed by atoms with Crippen molar-refractivity contribution in [3.8, 4) is 0 Å². The zero-order valence-corrected chi connectivity index (χ0v) is 12.7. The first-order valence-corrected chi connectivity index (χ1v) is 6.65. The maximum atomic E-state index is 13.2. The third-order valence-electron chi connectivity index (χ3n) is 3.15. The number of carbonyl (C=O) groups excluding carboxylic acids is 1. The summed E-state index contributed by atoms with van der Waals surface area (Å²) in [4.78, 5) is 22.8. The lowest BCUT2D eigenvalue weighted by Gasteiger charge is -2.30. The molecule has 2 amide bonds. The monoisotopic (exact) mass is 296 g/mol. The summed E-state index contributed by atoms with van der Waals surface area (Å²) < 4.78 is 13.2. The van der Waals surface area contributed by atoms with Crippen LogP contribution in [0.5, 0.6) is 0 Å². The Bertz CT molecular complexity index is 538. The maximum Gasteiger partial charge on any atom is 0.319 e. The Morgan fingerprint density at radius 1 is 1.33 bits per heavy atom. The van der Waals surface area contributed by atoms with Crippen molar-refractivity contribution in [2.24, 2.45) is 5.41 Å². The lowest BCUT2D eigenvalue weighted by molar-refractivity contribution is -0.138. The third-order valence-corrected chi connectivity index (χ3v) is 3.15. The number of urea groups is 1. The molecule has 3 N–H and O–H groups in total. The van der Waals surface area contributed by atoms with Gasteiger partial charge in [-0.15, -0.1) is 0 Å². The summed E-state index contributed by atoms with van der Waals surface area (Å²) in [6, 6.07) is 3.20. The van der Waals surface area contributed by atoms with E-state index in [-0.39, 0.29) is 12.2 Å². The number of hydrogen-bond acceptors (Lipinski definition) is 2. The van der Waals surface area contributed by atoms with Gasteiger partial charge < -0.3 is 15.7 Å². The first-order valence-electron chi connectivity index (χ1n) is 6.65. The fourth-order valence-electron chi connectivity index (χ4n) is 1.80. The van der Waals surface area contributed by atoms with Crippen molar-refractivity contribution in [1.29, 1.82) is 0 Å². The highest BCUT2D eigenvalue weighted by molar-refractivity contribution is 5.89. The summed E-state index contributed by atoms with van der Waals surface area (Å²) in [7, 11) is 0. The Labute approximate surface area is 123 Å². The van der Waals surface area contributed by atoms with Crippen LogP contribution in [0.2, 0.25) is 0 Å². The maximum absolute atomic E-state index is 13.2. The fourth-order valence-corrected chi connectivity index (χ4v) is 1.80. The summed E-state index contributed by atoms with van der Waals surface area (Å²) in [5.74, 6) is -1.33. The number of amides is 2. The quantitative estimate of drug-likeness (QED) is 0.798. The minimum atomic E-state index is -0.979. The summed E-state index contributed by atoms with van der Waals surface area (Å²) in [5, 5.41) is 14.1.